The molecule has 1 aromatic rings. The zero-order valence-corrected chi connectivity index (χ0v) is 9.26. The molecule has 0 aromatic heterocycles. The molecular formula is C12H15N3O. The van der Waals surface area contributed by atoms with Crippen molar-refractivity contribution in [2.24, 2.45) is 10.7 Å². The fraction of sp³-hybridized carbons (Fsp3) is 0.333. The molecule has 2 amide bonds. The van der Waals surface area contributed by atoms with Crippen molar-refractivity contribution >= 4 is 11.7 Å². The second-order valence-electron chi connectivity index (χ2n) is 4.10. The van der Waals surface area contributed by atoms with E-state index in [2.05, 4.69) is 22.0 Å². The molecule has 1 fully saturated rings. The van der Waals surface area contributed by atoms with Crippen molar-refractivity contribution < 1.29 is 4.79 Å². The largest absolute Gasteiger partial charge is 0.350 e. The molecule has 1 saturated heterocycles. The van der Waals surface area contributed by atoms with E-state index in [1.165, 1.54) is 5.56 Å². The highest BCUT2D eigenvalue weighted by Gasteiger charge is 2.28. The minimum atomic E-state index is -0.605. The molecular weight excluding hydrogens is 202 g/mol. The lowest BCUT2D eigenvalue weighted by atomic mass is 9.97. The number of urea groups is 1. The normalized spacial score (nSPS) is 23.8. The van der Waals surface area contributed by atoms with E-state index in [-0.39, 0.29) is 5.92 Å². The highest BCUT2D eigenvalue weighted by molar-refractivity contribution is 6.01. The molecule has 0 bridgehead atoms. The Balaban J connectivity index is 2.29. The molecule has 0 radical (unpaired) electrons. The lowest BCUT2D eigenvalue weighted by molar-refractivity contribution is 0.256. The highest BCUT2D eigenvalue weighted by Crippen LogP contribution is 2.24. The number of aliphatic imine (C=N–C) groups is 1. The van der Waals surface area contributed by atoms with Crippen molar-refractivity contribution in [1.29, 1.82) is 0 Å². The second-order valence-corrected chi connectivity index (χ2v) is 4.10. The molecule has 1 aromatic carbocycles. The molecule has 1 aliphatic heterocycles. The van der Waals surface area contributed by atoms with Crippen LogP contribution in [-0.4, -0.2) is 36.8 Å². The standard InChI is InChI=1S/C12H15N3O/c1-15-7-10(9-5-3-2-4-6-9)11(8-15)14-12(13)16/h2-6,10H,7-8H2,1H3,(H2,13,16)/t10-/m0/s1. The number of hydrogen-bond donors (Lipinski definition) is 1. The number of carbonyl (C=O) groups excluding carboxylic acids is 1. The highest BCUT2D eigenvalue weighted by atomic mass is 16.2. The molecule has 4 heteroatoms. The number of likely N-dealkylation sites (tertiary alicyclic amines) is 1. The van der Waals surface area contributed by atoms with Crippen molar-refractivity contribution in [1.82, 2.24) is 4.90 Å². The van der Waals surface area contributed by atoms with Crippen LogP contribution in [0.15, 0.2) is 35.3 Å². The van der Waals surface area contributed by atoms with Crippen molar-refractivity contribution in [3.63, 3.8) is 0 Å². The predicted octanol–water partition coefficient (Wildman–Crippen LogP) is 1.24. The number of likely N-dealkylation sites (N-methyl/N-ethyl adjacent to an activating group) is 1. The second kappa shape index (κ2) is 4.45. The van der Waals surface area contributed by atoms with E-state index in [0.29, 0.717) is 6.54 Å². The summed E-state index contributed by atoms with van der Waals surface area (Å²) in [6, 6.07) is 9.48. The Morgan fingerprint density at radius 2 is 2.12 bits per heavy atom. The zero-order chi connectivity index (χ0) is 11.5. The fourth-order valence-corrected chi connectivity index (χ4v) is 2.11. The van der Waals surface area contributed by atoms with Gasteiger partial charge in [0, 0.05) is 24.7 Å². The van der Waals surface area contributed by atoms with E-state index < -0.39 is 6.03 Å². The van der Waals surface area contributed by atoms with Crippen LogP contribution in [0.25, 0.3) is 0 Å². The van der Waals surface area contributed by atoms with Crippen LogP contribution in [0.4, 0.5) is 4.79 Å². The monoisotopic (exact) mass is 217 g/mol. The van der Waals surface area contributed by atoms with Crippen LogP contribution in [-0.2, 0) is 0 Å². The molecule has 4 nitrogen and oxygen atoms in total. The minimum absolute atomic E-state index is 0.193. The van der Waals surface area contributed by atoms with Gasteiger partial charge in [-0.05, 0) is 12.6 Å². The Hall–Kier alpha value is -1.68. The Labute approximate surface area is 94.8 Å². The quantitative estimate of drug-likeness (QED) is 0.769. The summed E-state index contributed by atoms with van der Waals surface area (Å²) in [5.41, 5.74) is 7.16. The third kappa shape index (κ3) is 2.28. The number of nitrogens with zero attached hydrogens (tertiary/aromatic N) is 2. The minimum Gasteiger partial charge on any atom is -0.350 e. The van der Waals surface area contributed by atoms with Crippen LogP contribution in [0.1, 0.15) is 11.5 Å². The average Bonchev–Trinajstić information content (AvgIpc) is 2.60. The molecule has 1 aliphatic rings. The predicted molar refractivity (Wildman–Crippen MR) is 63.7 cm³/mol. The van der Waals surface area contributed by atoms with Gasteiger partial charge in [-0.25, -0.2) is 9.79 Å². The number of amides is 2. The average molecular weight is 217 g/mol. The molecule has 16 heavy (non-hydrogen) atoms. The molecule has 1 heterocycles. The van der Waals surface area contributed by atoms with Gasteiger partial charge in [-0.3, -0.25) is 4.90 Å². The Bertz CT molecular complexity index is 414. The van der Waals surface area contributed by atoms with Gasteiger partial charge in [0.2, 0.25) is 0 Å². The van der Waals surface area contributed by atoms with E-state index in [0.717, 1.165) is 12.3 Å². The Morgan fingerprint density at radius 3 is 2.75 bits per heavy atom. The third-order valence-corrected chi connectivity index (χ3v) is 2.78. The molecule has 84 valence electrons. The van der Waals surface area contributed by atoms with E-state index in [1.54, 1.807) is 0 Å². The van der Waals surface area contributed by atoms with E-state index in [9.17, 15) is 4.79 Å². The first-order valence-electron chi connectivity index (χ1n) is 5.27. The van der Waals surface area contributed by atoms with E-state index in [1.807, 2.05) is 25.2 Å². The Kier molecular flexibility index (Phi) is 3.01. The topological polar surface area (TPSA) is 58.7 Å². The van der Waals surface area contributed by atoms with Crippen LogP contribution < -0.4 is 5.73 Å². The summed E-state index contributed by atoms with van der Waals surface area (Å²) in [5.74, 6) is 0.193. The van der Waals surface area contributed by atoms with Crippen LogP contribution >= 0.6 is 0 Å². The summed E-state index contributed by atoms with van der Waals surface area (Å²) in [7, 11) is 2.01. The third-order valence-electron chi connectivity index (χ3n) is 2.78. The van der Waals surface area contributed by atoms with Crippen LogP contribution in [0.5, 0.6) is 0 Å². The first-order chi connectivity index (χ1) is 7.66. The van der Waals surface area contributed by atoms with Gasteiger partial charge in [-0.1, -0.05) is 30.3 Å². The number of hydrogen-bond acceptors (Lipinski definition) is 2. The van der Waals surface area contributed by atoms with Crippen molar-refractivity contribution in [3.05, 3.63) is 35.9 Å². The fourth-order valence-electron chi connectivity index (χ4n) is 2.11. The van der Waals surface area contributed by atoms with Gasteiger partial charge < -0.3 is 5.73 Å². The van der Waals surface area contributed by atoms with Gasteiger partial charge in [0.1, 0.15) is 0 Å². The summed E-state index contributed by atoms with van der Waals surface area (Å²) in [5, 5.41) is 0. The number of benzene rings is 1. The van der Waals surface area contributed by atoms with Crippen molar-refractivity contribution in [3.8, 4) is 0 Å². The smallest absolute Gasteiger partial charge is 0.338 e. The van der Waals surface area contributed by atoms with Gasteiger partial charge in [-0.2, -0.15) is 0 Å². The summed E-state index contributed by atoms with van der Waals surface area (Å²) in [4.78, 5) is 16.9. The molecule has 0 unspecified atom stereocenters. The lowest BCUT2D eigenvalue weighted by Crippen LogP contribution is -2.16. The molecule has 0 saturated carbocycles. The first kappa shape index (κ1) is 10.8. The number of carbonyl (C=O) groups is 1. The number of primary amides is 1. The van der Waals surface area contributed by atoms with E-state index in [4.69, 9.17) is 5.73 Å². The number of rotatable bonds is 1. The van der Waals surface area contributed by atoms with Gasteiger partial charge in [-0.15, -0.1) is 0 Å². The van der Waals surface area contributed by atoms with Gasteiger partial charge >= 0.3 is 6.03 Å². The maximum Gasteiger partial charge on any atom is 0.338 e. The van der Waals surface area contributed by atoms with Crippen LogP contribution in [0.2, 0.25) is 0 Å². The maximum absolute atomic E-state index is 10.9. The summed E-state index contributed by atoms with van der Waals surface area (Å²) >= 11 is 0. The van der Waals surface area contributed by atoms with Gasteiger partial charge in [0.05, 0.1) is 0 Å². The zero-order valence-electron chi connectivity index (χ0n) is 9.26. The maximum atomic E-state index is 10.9. The molecule has 1 atom stereocenters. The molecule has 2 rings (SSSR count). The van der Waals surface area contributed by atoms with Gasteiger partial charge in [0.15, 0.2) is 0 Å². The van der Waals surface area contributed by atoms with E-state index >= 15 is 0 Å². The van der Waals surface area contributed by atoms with Crippen molar-refractivity contribution in [2.75, 3.05) is 20.1 Å². The summed E-state index contributed by atoms with van der Waals surface area (Å²) in [6.45, 7) is 1.60. The molecule has 0 spiro atoms. The number of nitrogens with two attached hydrogens (primary N) is 1. The van der Waals surface area contributed by atoms with Crippen LogP contribution in [0, 0.1) is 0 Å². The lowest BCUT2D eigenvalue weighted by Gasteiger charge is -2.10. The molecule has 0 aliphatic carbocycles. The van der Waals surface area contributed by atoms with Crippen LogP contribution in [0.3, 0.4) is 0 Å². The van der Waals surface area contributed by atoms with Gasteiger partial charge in [0.25, 0.3) is 0 Å². The summed E-state index contributed by atoms with van der Waals surface area (Å²) < 4.78 is 0. The van der Waals surface area contributed by atoms with Crippen molar-refractivity contribution in [2.45, 2.75) is 5.92 Å². The molecule has 2 N–H and O–H groups in total. The first-order valence-corrected chi connectivity index (χ1v) is 5.27. The summed E-state index contributed by atoms with van der Waals surface area (Å²) in [6.07, 6.45) is 0. The SMILES string of the molecule is CN1CC(=NC(N)=O)[C@H](c2ccccc2)C1. The Morgan fingerprint density at radius 1 is 1.44 bits per heavy atom.